The summed E-state index contributed by atoms with van der Waals surface area (Å²) in [5.41, 5.74) is 3.26. The summed E-state index contributed by atoms with van der Waals surface area (Å²) < 4.78 is 0. The van der Waals surface area contributed by atoms with Gasteiger partial charge in [-0.15, -0.1) is 12.4 Å². The maximum absolute atomic E-state index is 11.0. The van der Waals surface area contributed by atoms with E-state index in [1.54, 1.807) is 6.92 Å². The van der Waals surface area contributed by atoms with Gasteiger partial charge in [0.2, 0.25) is 0 Å². The van der Waals surface area contributed by atoms with Crippen molar-refractivity contribution in [3.05, 3.63) is 29.3 Å². The summed E-state index contributed by atoms with van der Waals surface area (Å²) in [6, 6.07) is 5.84. The van der Waals surface area contributed by atoms with E-state index in [1.807, 2.05) is 18.2 Å². The van der Waals surface area contributed by atoms with Crippen LogP contribution in [-0.2, 0) is 6.42 Å². The van der Waals surface area contributed by atoms with Crippen LogP contribution in [0.3, 0.4) is 0 Å². The number of Topliss-reactive ketones (excluding diaryl/α,β-unsaturated/α-hetero) is 1. The van der Waals surface area contributed by atoms with Crippen LogP contribution in [-0.4, -0.2) is 12.3 Å². The van der Waals surface area contributed by atoms with Gasteiger partial charge in [0.05, 0.1) is 0 Å². The Bertz CT molecular complexity index is 336. The van der Waals surface area contributed by atoms with E-state index in [2.05, 4.69) is 5.32 Å². The quantitative estimate of drug-likeness (QED) is 0.700. The predicted octanol–water partition coefficient (Wildman–Crippen LogP) is 2.28. The van der Waals surface area contributed by atoms with Gasteiger partial charge < -0.3 is 5.32 Å². The van der Waals surface area contributed by atoms with Crippen molar-refractivity contribution in [2.45, 2.75) is 13.3 Å². The van der Waals surface area contributed by atoms with Crippen LogP contribution in [0, 0.1) is 0 Å². The number of benzene rings is 1. The second-order valence-corrected chi connectivity index (χ2v) is 3.10. The zero-order valence-corrected chi connectivity index (χ0v) is 8.28. The number of rotatable bonds is 1. The van der Waals surface area contributed by atoms with E-state index < -0.39 is 0 Å². The smallest absolute Gasteiger partial charge is 0.159 e. The fraction of sp³-hybridized carbons (Fsp3) is 0.300. The molecule has 0 atom stereocenters. The Morgan fingerprint density at radius 3 is 2.92 bits per heavy atom. The van der Waals surface area contributed by atoms with Crippen LogP contribution >= 0.6 is 12.4 Å². The van der Waals surface area contributed by atoms with Crippen LogP contribution in [0.5, 0.6) is 0 Å². The van der Waals surface area contributed by atoms with Crippen molar-refractivity contribution >= 4 is 23.9 Å². The van der Waals surface area contributed by atoms with Gasteiger partial charge in [-0.05, 0) is 37.1 Å². The number of carbonyl (C=O) groups excluding carboxylic acids is 1. The van der Waals surface area contributed by atoms with Crippen molar-refractivity contribution in [3.8, 4) is 0 Å². The second-order valence-electron chi connectivity index (χ2n) is 3.10. The summed E-state index contributed by atoms with van der Waals surface area (Å²) in [4.78, 5) is 11.0. The van der Waals surface area contributed by atoms with Gasteiger partial charge in [-0.25, -0.2) is 0 Å². The Kier molecular flexibility index (Phi) is 2.94. The molecule has 0 radical (unpaired) electrons. The topological polar surface area (TPSA) is 29.1 Å². The SMILES string of the molecule is CC(=O)c1ccc2c(c1)CCN2.Cl. The zero-order valence-electron chi connectivity index (χ0n) is 7.46. The number of halogens is 1. The molecule has 0 saturated carbocycles. The maximum atomic E-state index is 11.0. The second kappa shape index (κ2) is 3.79. The van der Waals surface area contributed by atoms with Crippen LogP contribution in [0.25, 0.3) is 0 Å². The van der Waals surface area contributed by atoms with E-state index >= 15 is 0 Å². The number of fused-ring (bicyclic) bond motifs is 1. The normalized spacial score (nSPS) is 12.7. The number of ketones is 1. The first-order chi connectivity index (χ1) is 5.77. The molecule has 1 N–H and O–H groups in total. The highest BCUT2D eigenvalue weighted by Gasteiger charge is 2.10. The van der Waals surface area contributed by atoms with Crippen LogP contribution < -0.4 is 5.32 Å². The molecule has 1 aromatic rings. The van der Waals surface area contributed by atoms with Crippen molar-refractivity contribution in [2.75, 3.05) is 11.9 Å². The Balaban J connectivity index is 0.000000845. The lowest BCUT2D eigenvalue weighted by molar-refractivity contribution is 0.101. The van der Waals surface area contributed by atoms with Crippen LogP contribution in [0.15, 0.2) is 18.2 Å². The Morgan fingerprint density at radius 1 is 1.46 bits per heavy atom. The minimum atomic E-state index is 0. The molecule has 0 aliphatic carbocycles. The molecule has 3 heteroatoms. The first-order valence-electron chi connectivity index (χ1n) is 4.15. The highest BCUT2D eigenvalue weighted by atomic mass is 35.5. The van der Waals surface area contributed by atoms with Gasteiger partial charge >= 0.3 is 0 Å². The molecule has 0 unspecified atom stereocenters. The standard InChI is InChI=1S/C10H11NO.ClH/c1-7(12)8-2-3-10-9(6-8)4-5-11-10;/h2-3,6,11H,4-5H2,1H3;1H. The Hall–Kier alpha value is -1.02. The molecular weight excluding hydrogens is 186 g/mol. The van der Waals surface area contributed by atoms with Crippen LogP contribution in [0.2, 0.25) is 0 Å². The number of hydrogen-bond acceptors (Lipinski definition) is 2. The number of anilines is 1. The molecule has 0 saturated heterocycles. The molecule has 2 rings (SSSR count). The molecule has 1 heterocycles. The lowest BCUT2D eigenvalue weighted by Gasteiger charge is -2.00. The molecule has 70 valence electrons. The van der Waals surface area contributed by atoms with Gasteiger partial charge in [-0.1, -0.05) is 0 Å². The van der Waals surface area contributed by atoms with E-state index in [1.165, 1.54) is 11.3 Å². The lowest BCUT2D eigenvalue weighted by Crippen LogP contribution is -1.92. The van der Waals surface area contributed by atoms with E-state index in [0.29, 0.717) is 0 Å². The molecule has 0 fully saturated rings. The average molecular weight is 198 g/mol. The number of carbonyl (C=O) groups is 1. The largest absolute Gasteiger partial charge is 0.384 e. The summed E-state index contributed by atoms with van der Waals surface area (Å²) in [6.07, 6.45) is 1.04. The molecule has 0 spiro atoms. The Labute approximate surface area is 83.7 Å². The van der Waals surface area contributed by atoms with Crippen molar-refractivity contribution in [1.82, 2.24) is 0 Å². The lowest BCUT2D eigenvalue weighted by atomic mass is 10.1. The molecular formula is C10H12ClNO. The molecule has 0 aromatic heterocycles. The summed E-state index contributed by atoms with van der Waals surface area (Å²) in [5.74, 6) is 0.143. The van der Waals surface area contributed by atoms with E-state index in [4.69, 9.17) is 0 Å². The molecule has 1 aliphatic heterocycles. The monoisotopic (exact) mass is 197 g/mol. The average Bonchev–Trinajstić information content (AvgIpc) is 2.49. The third kappa shape index (κ3) is 1.83. The van der Waals surface area contributed by atoms with Gasteiger partial charge in [0.25, 0.3) is 0 Å². The zero-order chi connectivity index (χ0) is 8.55. The molecule has 2 nitrogen and oxygen atoms in total. The Morgan fingerprint density at radius 2 is 2.23 bits per heavy atom. The van der Waals surface area contributed by atoms with Crippen molar-refractivity contribution in [2.24, 2.45) is 0 Å². The van der Waals surface area contributed by atoms with E-state index in [9.17, 15) is 4.79 Å². The molecule has 1 aromatic carbocycles. The number of hydrogen-bond donors (Lipinski definition) is 1. The van der Waals surface area contributed by atoms with Gasteiger partial charge in [-0.3, -0.25) is 4.79 Å². The van der Waals surface area contributed by atoms with Crippen LogP contribution in [0.4, 0.5) is 5.69 Å². The highest BCUT2D eigenvalue weighted by Crippen LogP contribution is 2.22. The third-order valence-electron chi connectivity index (χ3n) is 2.22. The van der Waals surface area contributed by atoms with Gasteiger partial charge in [0.15, 0.2) is 5.78 Å². The molecule has 0 bridgehead atoms. The number of nitrogens with one attached hydrogen (secondary N) is 1. The summed E-state index contributed by atoms with van der Waals surface area (Å²) in [7, 11) is 0. The first kappa shape index (κ1) is 10.1. The molecule has 13 heavy (non-hydrogen) atoms. The maximum Gasteiger partial charge on any atom is 0.159 e. The van der Waals surface area contributed by atoms with Gasteiger partial charge in [0, 0.05) is 17.8 Å². The van der Waals surface area contributed by atoms with Crippen molar-refractivity contribution in [3.63, 3.8) is 0 Å². The minimum Gasteiger partial charge on any atom is -0.384 e. The minimum absolute atomic E-state index is 0. The summed E-state index contributed by atoms with van der Waals surface area (Å²) in [5, 5.41) is 3.25. The predicted molar refractivity (Wildman–Crippen MR) is 55.9 cm³/mol. The molecule has 1 aliphatic rings. The van der Waals surface area contributed by atoms with Crippen molar-refractivity contribution in [1.29, 1.82) is 0 Å². The fourth-order valence-electron chi connectivity index (χ4n) is 1.52. The van der Waals surface area contributed by atoms with Gasteiger partial charge in [-0.2, -0.15) is 0 Å². The van der Waals surface area contributed by atoms with E-state index in [0.717, 1.165) is 18.5 Å². The van der Waals surface area contributed by atoms with E-state index in [-0.39, 0.29) is 18.2 Å². The summed E-state index contributed by atoms with van der Waals surface area (Å²) in [6.45, 7) is 2.60. The van der Waals surface area contributed by atoms with Gasteiger partial charge in [0.1, 0.15) is 0 Å². The first-order valence-corrected chi connectivity index (χ1v) is 4.15. The van der Waals surface area contributed by atoms with Crippen LogP contribution in [0.1, 0.15) is 22.8 Å². The fourth-order valence-corrected chi connectivity index (χ4v) is 1.52. The highest BCUT2D eigenvalue weighted by molar-refractivity contribution is 5.94. The van der Waals surface area contributed by atoms with Crippen molar-refractivity contribution < 1.29 is 4.79 Å². The molecule has 0 amide bonds. The summed E-state index contributed by atoms with van der Waals surface area (Å²) >= 11 is 0. The third-order valence-corrected chi connectivity index (χ3v) is 2.22.